The fraction of sp³-hybridized carbons (Fsp3) is 0.286. The Morgan fingerprint density at radius 3 is 2.68 bits per heavy atom. The van der Waals surface area contributed by atoms with Gasteiger partial charge < -0.3 is 14.4 Å². The number of anilines is 1. The molecule has 0 fully saturated rings. The zero-order valence-electron chi connectivity index (χ0n) is 11.2. The van der Waals surface area contributed by atoms with Gasteiger partial charge in [-0.1, -0.05) is 6.07 Å². The normalized spacial score (nSPS) is 10.5. The Kier molecular flexibility index (Phi) is 3.55. The number of hydrogen-bond donors (Lipinski definition) is 1. The molecule has 0 aliphatic carbocycles. The molecule has 0 bridgehead atoms. The van der Waals surface area contributed by atoms with Gasteiger partial charge in [-0.3, -0.25) is 4.79 Å². The molecule has 2 rings (SSSR count). The lowest BCUT2D eigenvalue weighted by atomic mass is 10.2. The minimum absolute atomic E-state index is 0.120. The molecule has 0 radical (unpaired) electrons. The Labute approximate surface area is 111 Å². The number of nitrogens with zero attached hydrogens (tertiary/aromatic N) is 2. The van der Waals surface area contributed by atoms with Gasteiger partial charge in [0, 0.05) is 25.2 Å². The highest BCUT2D eigenvalue weighted by molar-refractivity contribution is 6.04. The molecule has 1 amide bonds. The van der Waals surface area contributed by atoms with Gasteiger partial charge in [-0.25, -0.2) is 4.98 Å². The van der Waals surface area contributed by atoms with E-state index in [0.29, 0.717) is 23.8 Å². The number of amides is 1. The van der Waals surface area contributed by atoms with Crippen molar-refractivity contribution >= 4 is 11.6 Å². The van der Waals surface area contributed by atoms with E-state index in [-0.39, 0.29) is 17.4 Å². The summed E-state index contributed by atoms with van der Waals surface area (Å²) in [7, 11) is 0. The summed E-state index contributed by atoms with van der Waals surface area (Å²) in [6.07, 6.45) is 0. The van der Waals surface area contributed by atoms with Crippen LogP contribution in [0.2, 0.25) is 0 Å². The van der Waals surface area contributed by atoms with E-state index in [2.05, 4.69) is 4.98 Å². The van der Waals surface area contributed by atoms with E-state index in [9.17, 15) is 9.90 Å². The van der Waals surface area contributed by atoms with Gasteiger partial charge in [-0.2, -0.15) is 0 Å². The molecule has 5 nitrogen and oxygen atoms in total. The molecule has 0 aliphatic heterocycles. The van der Waals surface area contributed by atoms with Crippen LogP contribution in [0.25, 0.3) is 0 Å². The van der Waals surface area contributed by atoms with E-state index >= 15 is 0 Å². The van der Waals surface area contributed by atoms with Crippen LogP contribution in [0.5, 0.6) is 5.75 Å². The minimum atomic E-state index is -0.258. The van der Waals surface area contributed by atoms with Crippen LogP contribution in [-0.4, -0.2) is 22.5 Å². The lowest BCUT2D eigenvalue weighted by Crippen LogP contribution is -2.30. The van der Waals surface area contributed by atoms with E-state index in [1.165, 1.54) is 4.90 Å². The molecule has 0 saturated heterocycles. The monoisotopic (exact) mass is 260 g/mol. The van der Waals surface area contributed by atoms with Gasteiger partial charge in [0.2, 0.25) is 5.76 Å². The van der Waals surface area contributed by atoms with E-state index in [1.807, 2.05) is 6.92 Å². The number of carbonyl (C=O) groups is 1. The highest BCUT2D eigenvalue weighted by Gasteiger charge is 2.22. The Morgan fingerprint density at radius 1 is 1.42 bits per heavy atom. The maximum Gasteiger partial charge on any atom is 0.295 e. The first-order valence-electron chi connectivity index (χ1n) is 6.08. The average Bonchev–Trinajstić information content (AvgIpc) is 2.69. The third-order valence-corrected chi connectivity index (χ3v) is 2.80. The van der Waals surface area contributed by atoms with Crippen molar-refractivity contribution in [1.82, 2.24) is 4.98 Å². The van der Waals surface area contributed by atoms with Crippen LogP contribution in [0, 0.1) is 13.8 Å². The minimum Gasteiger partial charge on any atom is -0.508 e. The number of oxazole rings is 1. The van der Waals surface area contributed by atoms with Crippen LogP contribution in [0.4, 0.5) is 5.69 Å². The van der Waals surface area contributed by atoms with Crippen molar-refractivity contribution in [2.75, 3.05) is 11.4 Å². The maximum atomic E-state index is 12.4. The summed E-state index contributed by atoms with van der Waals surface area (Å²) in [5.41, 5.74) is 1.20. The fourth-order valence-corrected chi connectivity index (χ4v) is 1.96. The van der Waals surface area contributed by atoms with Crippen LogP contribution in [0.15, 0.2) is 28.7 Å². The summed E-state index contributed by atoms with van der Waals surface area (Å²) in [4.78, 5) is 18.1. The SMILES string of the molecule is CCN(C(=O)c1oc(C)nc1C)c1cccc(O)c1. The second-order valence-corrected chi connectivity index (χ2v) is 4.22. The van der Waals surface area contributed by atoms with Gasteiger partial charge in [-0.15, -0.1) is 0 Å². The number of hydrogen-bond acceptors (Lipinski definition) is 4. The zero-order chi connectivity index (χ0) is 14.0. The summed E-state index contributed by atoms with van der Waals surface area (Å²) in [5.74, 6) is 0.566. The first-order valence-corrected chi connectivity index (χ1v) is 6.08. The molecule has 2 aromatic rings. The Balaban J connectivity index is 2.37. The fourth-order valence-electron chi connectivity index (χ4n) is 1.96. The van der Waals surface area contributed by atoms with Gasteiger partial charge in [0.05, 0.1) is 5.69 Å². The summed E-state index contributed by atoms with van der Waals surface area (Å²) < 4.78 is 5.35. The first-order chi connectivity index (χ1) is 9.02. The zero-order valence-corrected chi connectivity index (χ0v) is 11.2. The predicted molar refractivity (Wildman–Crippen MR) is 71.4 cm³/mol. The molecule has 0 atom stereocenters. The Morgan fingerprint density at radius 2 is 2.16 bits per heavy atom. The summed E-state index contributed by atoms with van der Waals surface area (Å²) in [6.45, 7) is 5.77. The van der Waals surface area contributed by atoms with Crippen molar-refractivity contribution in [2.24, 2.45) is 0 Å². The number of phenolic OH excluding ortho intramolecular Hbond substituents is 1. The Bertz CT molecular complexity index is 604. The van der Waals surface area contributed by atoms with Crippen molar-refractivity contribution in [1.29, 1.82) is 0 Å². The number of rotatable bonds is 3. The second-order valence-electron chi connectivity index (χ2n) is 4.22. The largest absolute Gasteiger partial charge is 0.508 e. The van der Waals surface area contributed by atoms with Gasteiger partial charge in [0.15, 0.2) is 5.89 Å². The molecule has 0 aliphatic rings. The third-order valence-electron chi connectivity index (χ3n) is 2.80. The number of aromatic hydroxyl groups is 1. The summed E-state index contributed by atoms with van der Waals surface area (Å²) in [5, 5.41) is 9.49. The number of carbonyl (C=O) groups excluding carboxylic acids is 1. The van der Waals surface area contributed by atoms with Gasteiger partial charge >= 0.3 is 0 Å². The van der Waals surface area contributed by atoms with Crippen molar-refractivity contribution in [2.45, 2.75) is 20.8 Å². The van der Waals surface area contributed by atoms with E-state index < -0.39 is 0 Å². The summed E-state index contributed by atoms with van der Waals surface area (Å²) >= 11 is 0. The van der Waals surface area contributed by atoms with E-state index in [4.69, 9.17) is 4.42 Å². The molecule has 100 valence electrons. The van der Waals surface area contributed by atoms with Gasteiger partial charge in [-0.05, 0) is 26.0 Å². The molecule has 0 spiro atoms. The quantitative estimate of drug-likeness (QED) is 0.921. The number of aryl methyl sites for hydroxylation is 2. The molecule has 1 N–H and O–H groups in total. The smallest absolute Gasteiger partial charge is 0.295 e. The topological polar surface area (TPSA) is 66.6 Å². The molecular formula is C14H16N2O3. The summed E-state index contributed by atoms with van der Waals surface area (Å²) in [6, 6.07) is 6.56. The number of benzene rings is 1. The Hall–Kier alpha value is -2.30. The predicted octanol–water partition coefficient (Wildman–Crippen LogP) is 2.66. The van der Waals surface area contributed by atoms with Crippen LogP contribution in [0.3, 0.4) is 0 Å². The number of aromatic nitrogens is 1. The van der Waals surface area contributed by atoms with Crippen molar-refractivity contribution in [3.05, 3.63) is 41.6 Å². The first kappa shape index (κ1) is 13.1. The third kappa shape index (κ3) is 2.59. The number of phenols is 1. The maximum absolute atomic E-state index is 12.4. The second kappa shape index (κ2) is 5.14. The van der Waals surface area contributed by atoms with Crippen LogP contribution in [-0.2, 0) is 0 Å². The lowest BCUT2D eigenvalue weighted by Gasteiger charge is -2.20. The average molecular weight is 260 g/mol. The molecule has 19 heavy (non-hydrogen) atoms. The van der Waals surface area contributed by atoms with Crippen molar-refractivity contribution < 1.29 is 14.3 Å². The molecule has 1 heterocycles. The highest BCUT2D eigenvalue weighted by Crippen LogP contribution is 2.23. The van der Waals surface area contributed by atoms with Gasteiger partial charge in [0.25, 0.3) is 5.91 Å². The lowest BCUT2D eigenvalue weighted by molar-refractivity contribution is 0.0959. The molecule has 5 heteroatoms. The standard InChI is InChI=1S/C14H16N2O3/c1-4-16(11-6-5-7-12(17)8-11)14(18)13-9(2)15-10(3)19-13/h5-8,17H,4H2,1-3H3. The van der Waals surface area contributed by atoms with Crippen LogP contribution in [0.1, 0.15) is 29.1 Å². The van der Waals surface area contributed by atoms with Crippen molar-refractivity contribution in [3.8, 4) is 5.75 Å². The van der Waals surface area contributed by atoms with Crippen LogP contribution >= 0.6 is 0 Å². The molecule has 0 saturated carbocycles. The van der Waals surface area contributed by atoms with Crippen LogP contribution < -0.4 is 4.90 Å². The molecule has 1 aromatic carbocycles. The van der Waals surface area contributed by atoms with Gasteiger partial charge in [0.1, 0.15) is 5.75 Å². The van der Waals surface area contributed by atoms with E-state index in [1.54, 1.807) is 38.1 Å². The van der Waals surface area contributed by atoms with E-state index in [0.717, 1.165) is 0 Å². The molecule has 1 aromatic heterocycles. The highest BCUT2D eigenvalue weighted by atomic mass is 16.4. The molecular weight excluding hydrogens is 244 g/mol. The molecule has 0 unspecified atom stereocenters. The van der Waals surface area contributed by atoms with Crippen molar-refractivity contribution in [3.63, 3.8) is 0 Å².